The van der Waals surface area contributed by atoms with Crippen molar-refractivity contribution in [3.63, 3.8) is 0 Å². The van der Waals surface area contributed by atoms with Gasteiger partial charge in [-0.3, -0.25) is 4.79 Å². The zero-order valence-corrected chi connectivity index (χ0v) is 12.7. The molecule has 1 N–H and O–H groups in total. The first-order valence-corrected chi connectivity index (χ1v) is 7.68. The number of rotatable bonds is 7. The van der Waals surface area contributed by atoms with Gasteiger partial charge >= 0.3 is 0 Å². The first kappa shape index (κ1) is 15.5. The molecule has 3 nitrogen and oxygen atoms in total. The minimum Gasteiger partial charge on any atom is -0.494 e. The highest BCUT2D eigenvalue weighted by molar-refractivity contribution is 7.09. The number of thiophene rings is 1. The molecule has 0 fully saturated rings. The molecule has 0 saturated carbocycles. The Kier molecular flexibility index (Phi) is 5.75. The van der Waals surface area contributed by atoms with Crippen molar-refractivity contribution in [2.24, 2.45) is 0 Å². The largest absolute Gasteiger partial charge is 0.494 e. The molecule has 0 saturated heterocycles. The first-order chi connectivity index (χ1) is 10.2. The number of carbonyl (C=O) groups excluding carboxylic acids is 1. The number of amides is 1. The van der Waals surface area contributed by atoms with Crippen LogP contribution in [0.15, 0.2) is 35.7 Å². The van der Waals surface area contributed by atoms with Gasteiger partial charge in [-0.05, 0) is 42.0 Å². The smallest absolute Gasteiger partial charge is 0.220 e. The molecule has 0 atom stereocenters. The monoisotopic (exact) mass is 307 g/mol. The number of hydrogen-bond acceptors (Lipinski definition) is 3. The Morgan fingerprint density at radius 3 is 2.86 bits per heavy atom. The molecule has 0 aliphatic rings. The summed E-state index contributed by atoms with van der Waals surface area (Å²) in [5.41, 5.74) is 0.840. The average molecular weight is 307 g/mol. The van der Waals surface area contributed by atoms with Gasteiger partial charge in [-0.2, -0.15) is 0 Å². The van der Waals surface area contributed by atoms with Gasteiger partial charge in [-0.1, -0.05) is 12.1 Å². The van der Waals surface area contributed by atoms with E-state index in [0.29, 0.717) is 19.4 Å². The van der Waals surface area contributed by atoms with Crippen molar-refractivity contribution in [3.8, 4) is 5.75 Å². The molecule has 112 valence electrons. The second kappa shape index (κ2) is 7.78. The lowest BCUT2D eigenvalue weighted by Gasteiger charge is -2.07. The minimum absolute atomic E-state index is 0.0254. The first-order valence-electron chi connectivity index (χ1n) is 6.80. The molecule has 0 spiro atoms. The van der Waals surface area contributed by atoms with Crippen LogP contribution in [0.2, 0.25) is 0 Å². The molecule has 0 aliphatic heterocycles. The number of nitrogens with one attached hydrogen (secondary N) is 1. The lowest BCUT2D eigenvalue weighted by molar-refractivity contribution is -0.121. The van der Waals surface area contributed by atoms with E-state index >= 15 is 0 Å². The molecule has 2 aromatic rings. The summed E-state index contributed by atoms with van der Waals surface area (Å²) in [4.78, 5) is 12.9. The molecule has 2 rings (SSSR count). The van der Waals surface area contributed by atoms with Crippen LogP contribution >= 0.6 is 11.3 Å². The molecule has 1 aromatic heterocycles. The molecule has 0 radical (unpaired) electrons. The molecular weight excluding hydrogens is 289 g/mol. The predicted octanol–water partition coefficient (Wildman–Crippen LogP) is 3.19. The van der Waals surface area contributed by atoms with Crippen LogP contribution in [-0.4, -0.2) is 19.6 Å². The molecule has 0 unspecified atom stereocenters. The van der Waals surface area contributed by atoms with Crippen LogP contribution in [0.4, 0.5) is 4.39 Å². The maximum Gasteiger partial charge on any atom is 0.220 e. The van der Waals surface area contributed by atoms with Gasteiger partial charge in [0.15, 0.2) is 11.6 Å². The van der Waals surface area contributed by atoms with E-state index < -0.39 is 0 Å². The number of ether oxygens (including phenoxy) is 1. The zero-order valence-electron chi connectivity index (χ0n) is 11.9. The van der Waals surface area contributed by atoms with Crippen LogP contribution < -0.4 is 10.1 Å². The lowest BCUT2D eigenvalue weighted by atomic mass is 10.1. The van der Waals surface area contributed by atoms with Gasteiger partial charge in [0.1, 0.15) is 0 Å². The molecule has 1 aromatic carbocycles. The lowest BCUT2D eigenvalue weighted by Crippen LogP contribution is -2.25. The topological polar surface area (TPSA) is 38.3 Å². The van der Waals surface area contributed by atoms with Crippen molar-refractivity contribution in [2.75, 3.05) is 13.7 Å². The summed E-state index contributed by atoms with van der Waals surface area (Å²) in [6.45, 7) is 0.509. The second-order valence-corrected chi connectivity index (χ2v) is 5.68. The van der Waals surface area contributed by atoms with E-state index in [1.54, 1.807) is 23.5 Å². The summed E-state index contributed by atoms with van der Waals surface area (Å²) >= 11 is 1.66. The number of methoxy groups -OCH3 is 1. The minimum atomic E-state index is -0.376. The Morgan fingerprint density at radius 1 is 1.33 bits per heavy atom. The highest BCUT2D eigenvalue weighted by atomic mass is 32.1. The number of aryl methyl sites for hydroxylation is 1. The number of benzene rings is 1. The van der Waals surface area contributed by atoms with Gasteiger partial charge in [0.05, 0.1) is 7.11 Å². The van der Waals surface area contributed by atoms with Crippen molar-refractivity contribution in [3.05, 3.63) is 52.0 Å². The highest BCUT2D eigenvalue weighted by Gasteiger charge is 2.05. The summed E-state index contributed by atoms with van der Waals surface area (Å²) in [5.74, 6) is -0.116. The summed E-state index contributed by atoms with van der Waals surface area (Å²) < 4.78 is 18.4. The average Bonchev–Trinajstić information content (AvgIpc) is 2.99. The van der Waals surface area contributed by atoms with Crippen LogP contribution in [0.1, 0.15) is 16.9 Å². The van der Waals surface area contributed by atoms with Gasteiger partial charge in [0, 0.05) is 17.8 Å². The van der Waals surface area contributed by atoms with Gasteiger partial charge in [-0.25, -0.2) is 4.39 Å². The van der Waals surface area contributed by atoms with E-state index in [4.69, 9.17) is 4.74 Å². The molecule has 1 heterocycles. The van der Waals surface area contributed by atoms with Crippen molar-refractivity contribution in [1.82, 2.24) is 5.32 Å². The second-order valence-electron chi connectivity index (χ2n) is 4.65. The van der Waals surface area contributed by atoms with Crippen LogP contribution in [0.5, 0.6) is 5.75 Å². The normalized spacial score (nSPS) is 10.4. The number of halogens is 1. The van der Waals surface area contributed by atoms with Crippen LogP contribution in [-0.2, 0) is 17.6 Å². The van der Waals surface area contributed by atoms with Crippen LogP contribution in [0.25, 0.3) is 0 Å². The quantitative estimate of drug-likeness (QED) is 0.853. The summed E-state index contributed by atoms with van der Waals surface area (Å²) in [6.07, 6.45) is 1.85. The van der Waals surface area contributed by atoms with E-state index in [1.165, 1.54) is 18.1 Å². The van der Waals surface area contributed by atoms with Crippen molar-refractivity contribution in [1.29, 1.82) is 0 Å². The fraction of sp³-hybridized carbons (Fsp3) is 0.312. The molecular formula is C16H18FNO2S. The molecule has 1 amide bonds. The molecule has 0 bridgehead atoms. The van der Waals surface area contributed by atoms with E-state index in [-0.39, 0.29) is 17.5 Å². The molecule has 0 aliphatic carbocycles. The van der Waals surface area contributed by atoms with Gasteiger partial charge < -0.3 is 10.1 Å². The Labute approximate surface area is 127 Å². The van der Waals surface area contributed by atoms with Gasteiger partial charge in [-0.15, -0.1) is 11.3 Å². The van der Waals surface area contributed by atoms with E-state index in [1.807, 2.05) is 17.5 Å². The fourth-order valence-electron chi connectivity index (χ4n) is 1.99. The highest BCUT2D eigenvalue weighted by Crippen LogP contribution is 2.17. The van der Waals surface area contributed by atoms with Crippen LogP contribution in [0, 0.1) is 5.82 Å². The maximum absolute atomic E-state index is 13.5. The summed E-state index contributed by atoms with van der Waals surface area (Å²) in [6, 6.07) is 8.86. The third kappa shape index (κ3) is 4.86. The van der Waals surface area contributed by atoms with Crippen molar-refractivity contribution >= 4 is 17.2 Å². The van der Waals surface area contributed by atoms with Gasteiger partial charge in [0.25, 0.3) is 0 Å². The van der Waals surface area contributed by atoms with Crippen molar-refractivity contribution in [2.45, 2.75) is 19.3 Å². The van der Waals surface area contributed by atoms with Crippen molar-refractivity contribution < 1.29 is 13.9 Å². The van der Waals surface area contributed by atoms with Crippen LogP contribution in [0.3, 0.4) is 0 Å². The molecule has 5 heteroatoms. The molecule has 21 heavy (non-hydrogen) atoms. The maximum atomic E-state index is 13.5. The Balaban J connectivity index is 1.71. The number of hydrogen-bond donors (Lipinski definition) is 1. The summed E-state index contributed by atoms with van der Waals surface area (Å²) in [7, 11) is 1.44. The third-order valence-electron chi connectivity index (χ3n) is 3.13. The van der Waals surface area contributed by atoms with E-state index in [2.05, 4.69) is 5.32 Å². The van der Waals surface area contributed by atoms with E-state index in [0.717, 1.165) is 12.0 Å². The summed E-state index contributed by atoms with van der Waals surface area (Å²) in [5, 5.41) is 4.86. The Morgan fingerprint density at radius 2 is 2.19 bits per heavy atom. The Bertz CT molecular complexity index is 584. The third-order valence-corrected chi connectivity index (χ3v) is 4.07. The number of carbonyl (C=O) groups is 1. The SMILES string of the molecule is COc1ccc(CCNC(=O)CCc2cccs2)cc1F. The Hall–Kier alpha value is -1.88. The standard InChI is InChI=1S/C16H18FNO2S/c1-20-15-6-4-12(11-14(15)17)8-9-18-16(19)7-5-13-3-2-10-21-13/h2-4,6,10-11H,5,7-9H2,1H3,(H,18,19). The van der Waals surface area contributed by atoms with E-state index in [9.17, 15) is 9.18 Å². The predicted molar refractivity (Wildman–Crippen MR) is 82.3 cm³/mol. The fourth-order valence-corrected chi connectivity index (χ4v) is 2.70. The zero-order chi connectivity index (χ0) is 15.1. The van der Waals surface area contributed by atoms with Gasteiger partial charge in [0.2, 0.25) is 5.91 Å².